The van der Waals surface area contributed by atoms with Gasteiger partial charge in [0.2, 0.25) is 17.7 Å². The Morgan fingerprint density at radius 1 is 0.905 bits per heavy atom. The van der Waals surface area contributed by atoms with Crippen molar-refractivity contribution in [2.45, 2.75) is 71.1 Å². The second-order valence-electron chi connectivity index (χ2n) is 9.78. The molecule has 0 spiro atoms. The molecule has 0 bridgehead atoms. The number of imide groups is 1. The molecule has 0 saturated carbocycles. The highest BCUT2D eigenvalue weighted by Gasteiger charge is 2.28. The zero-order valence-electron chi connectivity index (χ0n) is 23.6. The van der Waals surface area contributed by atoms with E-state index in [1.54, 1.807) is 24.3 Å². The van der Waals surface area contributed by atoms with Crippen molar-refractivity contribution in [3.8, 4) is 0 Å². The molecule has 0 radical (unpaired) electrons. The average Bonchev–Trinajstić information content (AvgIpc) is 3.25. The van der Waals surface area contributed by atoms with Gasteiger partial charge >= 0.3 is 11.9 Å². The summed E-state index contributed by atoms with van der Waals surface area (Å²) in [6.45, 7) is 6.88. The van der Waals surface area contributed by atoms with Gasteiger partial charge in [0, 0.05) is 44.1 Å². The van der Waals surface area contributed by atoms with Crippen molar-refractivity contribution >= 4 is 47.2 Å². The molecule has 4 N–H and O–H groups in total. The van der Waals surface area contributed by atoms with E-state index in [-0.39, 0.29) is 37.8 Å². The quantitative estimate of drug-likeness (QED) is 0.0912. The van der Waals surface area contributed by atoms with Crippen LogP contribution in [0.15, 0.2) is 48.6 Å². The molecule has 5 amide bonds. The van der Waals surface area contributed by atoms with Crippen molar-refractivity contribution < 1.29 is 43.4 Å². The summed E-state index contributed by atoms with van der Waals surface area (Å²) in [6, 6.07) is 4.03. The molecule has 1 aliphatic heterocycles. The van der Waals surface area contributed by atoms with Crippen molar-refractivity contribution in [2.24, 2.45) is 0 Å². The molecule has 1 aromatic rings. The predicted octanol–water partition coefficient (Wildman–Crippen LogP) is 1.58. The summed E-state index contributed by atoms with van der Waals surface area (Å²) in [6.07, 6.45) is 3.43. The second-order valence-corrected chi connectivity index (χ2v) is 9.78. The highest BCUT2D eigenvalue weighted by atomic mass is 16.5. The molecule has 1 aliphatic rings. The minimum Gasteiger partial charge on any atom is -0.481 e. The number of nitrogens with one attached hydrogen (secondary N) is 3. The lowest BCUT2D eigenvalue weighted by Crippen LogP contribution is -2.53. The van der Waals surface area contributed by atoms with Crippen LogP contribution in [0.2, 0.25) is 0 Å². The van der Waals surface area contributed by atoms with Gasteiger partial charge in [-0.15, -0.1) is 0 Å². The van der Waals surface area contributed by atoms with Gasteiger partial charge in [0.15, 0.2) is 0 Å². The number of ether oxygens (including phenoxy) is 1. The number of carbonyl (C=O) groups excluding carboxylic acids is 6. The van der Waals surface area contributed by atoms with Crippen molar-refractivity contribution in [3.05, 3.63) is 54.1 Å². The summed E-state index contributed by atoms with van der Waals surface area (Å²) in [5.74, 6) is -4.14. The smallest absolute Gasteiger partial charge is 0.303 e. The highest BCUT2D eigenvalue weighted by molar-refractivity contribution is 6.12. The van der Waals surface area contributed by atoms with E-state index in [9.17, 15) is 33.6 Å². The Labute approximate surface area is 243 Å². The molecule has 13 nitrogen and oxygen atoms in total. The van der Waals surface area contributed by atoms with Crippen LogP contribution in [0.25, 0.3) is 0 Å². The van der Waals surface area contributed by atoms with Gasteiger partial charge in [0.1, 0.15) is 18.7 Å². The van der Waals surface area contributed by atoms with E-state index in [1.807, 2.05) is 0 Å². The first-order valence-electron chi connectivity index (χ1n) is 13.4. The Balaban J connectivity index is 1.92. The molecule has 2 rings (SSSR count). The van der Waals surface area contributed by atoms with Crippen molar-refractivity contribution in [1.82, 2.24) is 15.5 Å². The number of hydrogen-bond donors (Lipinski definition) is 4. The van der Waals surface area contributed by atoms with Crippen LogP contribution in [0.5, 0.6) is 0 Å². The Hall–Kier alpha value is -4.81. The predicted molar refractivity (Wildman–Crippen MR) is 150 cm³/mol. The Bertz CT molecular complexity index is 1220. The van der Waals surface area contributed by atoms with Gasteiger partial charge < -0.3 is 25.8 Å². The number of benzene rings is 1. The average molecular weight is 585 g/mol. The van der Waals surface area contributed by atoms with Gasteiger partial charge in [-0.25, -0.2) is 0 Å². The van der Waals surface area contributed by atoms with Gasteiger partial charge in [-0.3, -0.25) is 38.5 Å². The number of rotatable bonds is 17. The third-order valence-electron chi connectivity index (χ3n) is 6.19. The van der Waals surface area contributed by atoms with E-state index in [1.165, 1.54) is 26.0 Å². The molecule has 0 unspecified atom stereocenters. The number of amides is 5. The number of carboxylic acid groups (broad SMARTS) is 1. The summed E-state index contributed by atoms with van der Waals surface area (Å²) >= 11 is 0. The fraction of sp³-hybridized carbons (Fsp3) is 0.414. The van der Waals surface area contributed by atoms with Crippen molar-refractivity contribution in [2.75, 3.05) is 11.9 Å². The monoisotopic (exact) mass is 584 g/mol. The first-order chi connectivity index (χ1) is 19.9. The molecular weight excluding hydrogens is 548 g/mol. The molecule has 0 fully saturated rings. The lowest BCUT2D eigenvalue weighted by molar-refractivity contribution is -0.142. The van der Waals surface area contributed by atoms with Crippen LogP contribution in [0.3, 0.4) is 0 Å². The van der Waals surface area contributed by atoms with Gasteiger partial charge in [-0.1, -0.05) is 25.1 Å². The Kier molecular flexibility index (Phi) is 13.1. The maximum Gasteiger partial charge on any atom is 0.303 e. The van der Waals surface area contributed by atoms with Crippen LogP contribution in [0.4, 0.5) is 5.69 Å². The standard InChI is InChI=1S/C29H36N4O9/c1-18(2)27(32-23(35)7-5-4-6-16-33-24(36)13-14-25(33)37)29(41)31-22(12-15-26(38)39)28(40)30-21-10-8-20(9-11-21)17-42-19(3)34/h8-11,13-14,22,27H,1,4-7,12,15-17H2,2-3H3,(H,30,40)(H,31,41)(H,32,35)(H,38,39)/t22-,27-/m0/s1. The minimum absolute atomic E-state index is 0.0627. The van der Waals surface area contributed by atoms with Gasteiger partial charge in [-0.05, 0) is 49.5 Å². The van der Waals surface area contributed by atoms with Gasteiger partial charge in [0.05, 0.1) is 0 Å². The molecule has 0 saturated heterocycles. The molecule has 2 atom stereocenters. The van der Waals surface area contributed by atoms with E-state index in [2.05, 4.69) is 22.5 Å². The number of nitrogens with zero attached hydrogens (tertiary/aromatic N) is 1. The number of carboxylic acids is 1. The summed E-state index contributed by atoms with van der Waals surface area (Å²) in [5, 5.41) is 16.8. The normalized spacial score (nSPS) is 13.7. The van der Waals surface area contributed by atoms with E-state index in [0.717, 1.165) is 4.90 Å². The molecule has 1 heterocycles. The van der Waals surface area contributed by atoms with E-state index < -0.39 is 48.2 Å². The molecule has 1 aromatic carbocycles. The zero-order valence-corrected chi connectivity index (χ0v) is 23.6. The lowest BCUT2D eigenvalue weighted by atomic mass is 10.1. The summed E-state index contributed by atoms with van der Waals surface area (Å²) in [7, 11) is 0. The topological polar surface area (TPSA) is 188 Å². The third-order valence-corrected chi connectivity index (χ3v) is 6.19. The number of esters is 1. The summed E-state index contributed by atoms with van der Waals surface area (Å²) < 4.78 is 4.92. The molecule has 0 aromatic heterocycles. The highest BCUT2D eigenvalue weighted by Crippen LogP contribution is 2.13. The molecule has 0 aliphatic carbocycles. The first-order valence-corrected chi connectivity index (χ1v) is 13.4. The van der Waals surface area contributed by atoms with Gasteiger partial charge in [0.25, 0.3) is 11.8 Å². The number of unbranched alkanes of at least 4 members (excludes halogenated alkanes) is 2. The van der Waals surface area contributed by atoms with Crippen LogP contribution in [0.1, 0.15) is 57.9 Å². The largest absolute Gasteiger partial charge is 0.481 e. The van der Waals surface area contributed by atoms with Crippen molar-refractivity contribution in [1.29, 1.82) is 0 Å². The number of hydrogen-bond acceptors (Lipinski definition) is 8. The maximum atomic E-state index is 13.1. The fourth-order valence-corrected chi connectivity index (χ4v) is 3.92. The van der Waals surface area contributed by atoms with E-state index in [4.69, 9.17) is 9.84 Å². The molecule has 226 valence electrons. The number of aliphatic carboxylic acids is 1. The minimum atomic E-state index is -1.22. The van der Waals surface area contributed by atoms with Crippen LogP contribution < -0.4 is 16.0 Å². The zero-order chi connectivity index (χ0) is 31.2. The maximum absolute atomic E-state index is 13.1. The first kappa shape index (κ1) is 33.4. The van der Waals surface area contributed by atoms with Crippen LogP contribution >= 0.6 is 0 Å². The van der Waals surface area contributed by atoms with Gasteiger partial charge in [-0.2, -0.15) is 0 Å². The van der Waals surface area contributed by atoms with E-state index in [0.29, 0.717) is 36.1 Å². The molecule has 13 heteroatoms. The molecule has 42 heavy (non-hydrogen) atoms. The SMILES string of the molecule is C=C(C)[C@H](NC(=O)CCCCCN1C(=O)C=CC1=O)C(=O)N[C@@H](CCC(=O)O)C(=O)Nc1ccc(COC(C)=O)cc1. The molecular formula is C29H36N4O9. The second kappa shape index (κ2) is 16.5. The van der Waals surface area contributed by atoms with Crippen LogP contribution in [-0.2, 0) is 44.9 Å². The lowest BCUT2D eigenvalue weighted by Gasteiger charge is -2.23. The summed E-state index contributed by atoms with van der Waals surface area (Å²) in [5.41, 5.74) is 1.37. The van der Waals surface area contributed by atoms with Crippen molar-refractivity contribution in [3.63, 3.8) is 0 Å². The fourth-order valence-electron chi connectivity index (χ4n) is 3.92. The number of carbonyl (C=O) groups is 7. The van der Waals surface area contributed by atoms with Crippen LogP contribution in [-0.4, -0.2) is 70.1 Å². The number of anilines is 1. The summed E-state index contributed by atoms with van der Waals surface area (Å²) in [4.78, 5) is 85.0. The van der Waals surface area contributed by atoms with Crippen LogP contribution in [0, 0.1) is 0 Å². The van der Waals surface area contributed by atoms with E-state index >= 15 is 0 Å². The Morgan fingerprint density at radius 2 is 1.55 bits per heavy atom. The third kappa shape index (κ3) is 11.4. The Morgan fingerprint density at radius 3 is 2.12 bits per heavy atom.